The van der Waals surface area contributed by atoms with Gasteiger partial charge in [-0.1, -0.05) is 12.1 Å². The minimum absolute atomic E-state index is 0.0563. The number of hydrogen-bond acceptors (Lipinski definition) is 2. The van der Waals surface area contributed by atoms with Crippen LogP contribution in [0.4, 0.5) is 9.18 Å². The summed E-state index contributed by atoms with van der Waals surface area (Å²) in [5.74, 6) is 0.0488. The lowest BCUT2D eigenvalue weighted by molar-refractivity contribution is 0.178. The Morgan fingerprint density at radius 3 is 2.80 bits per heavy atom. The molecule has 0 unspecified atom stereocenters. The van der Waals surface area contributed by atoms with Gasteiger partial charge in [-0.05, 0) is 31.0 Å². The number of nitrogens with zero attached hydrogens (tertiary/aromatic N) is 1. The monoisotopic (exact) mass is 280 g/mol. The highest BCUT2D eigenvalue weighted by atomic mass is 19.1. The first-order valence-electron chi connectivity index (χ1n) is 6.90. The number of urea groups is 1. The summed E-state index contributed by atoms with van der Waals surface area (Å²) < 4.78 is 17.9. The smallest absolute Gasteiger partial charge is 0.317 e. The molecule has 2 amide bonds. The fourth-order valence-electron chi connectivity index (χ4n) is 2.65. The Bertz CT molecular complexity index is 450. The number of nitrogens with one attached hydrogen (secondary N) is 1. The molecule has 1 fully saturated rings. The summed E-state index contributed by atoms with van der Waals surface area (Å²) >= 11 is 0. The lowest BCUT2D eigenvalue weighted by Gasteiger charge is -2.21. The van der Waals surface area contributed by atoms with Gasteiger partial charge in [-0.25, -0.2) is 9.18 Å². The van der Waals surface area contributed by atoms with Gasteiger partial charge in [0.25, 0.3) is 0 Å². The number of amides is 2. The summed E-state index contributed by atoms with van der Waals surface area (Å²) in [6.45, 7) is 3.74. The van der Waals surface area contributed by atoms with Crippen molar-refractivity contribution < 1.29 is 13.9 Å². The Labute approximate surface area is 118 Å². The number of carbonyl (C=O) groups excluding carboxylic acids is 1. The zero-order valence-corrected chi connectivity index (χ0v) is 11.9. The third-order valence-corrected chi connectivity index (χ3v) is 3.76. The van der Waals surface area contributed by atoms with Crippen molar-refractivity contribution in [1.29, 1.82) is 0 Å². The maximum atomic E-state index is 12.9. The van der Waals surface area contributed by atoms with E-state index in [1.807, 2.05) is 11.8 Å². The molecule has 1 aliphatic rings. The Kier molecular flexibility index (Phi) is 4.95. The lowest BCUT2D eigenvalue weighted by atomic mass is 9.97. The van der Waals surface area contributed by atoms with E-state index >= 15 is 0 Å². The van der Waals surface area contributed by atoms with Gasteiger partial charge in [0.05, 0.1) is 6.61 Å². The summed E-state index contributed by atoms with van der Waals surface area (Å²) in [5, 5.41) is 2.84. The summed E-state index contributed by atoms with van der Waals surface area (Å²) in [6, 6.07) is 6.69. The van der Waals surface area contributed by atoms with Crippen molar-refractivity contribution in [3.63, 3.8) is 0 Å². The average molecular weight is 280 g/mol. The minimum Gasteiger partial charge on any atom is -0.383 e. The van der Waals surface area contributed by atoms with Crippen LogP contribution in [0.5, 0.6) is 0 Å². The molecule has 1 saturated heterocycles. The molecule has 0 aromatic heterocycles. The largest absolute Gasteiger partial charge is 0.383 e. The van der Waals surface area contributed by atoms with Crippen LogP contribution in [0.2, 0.25) is 0 Å². The standard InChI is InChI=1S/C15H21FN2O2/c1-11-9-13(12-3-5-14(16)6-4-12)10-18(11)15(19)17-7-8-20-2/h3-6,11,13H,7-10H2,1-2H3,(H,17,19)/t11-,13-/m0/s1. The number of benzene rings is 1. The molecule has 4 nitrogen and oxygen atoms in total. The van der Waals surface area contributed by atoms with E-state index in [0.29, 0.717) is 19.7 Å². The van der Waals surface area contributed by atoms with Crippen LogP contribution >= 0.6 is 0 Å². The molecular weight excluding hydrogens is 259 g/mol. The molecule has 1 heterocycles. The number of halogens is 1. The molecule has 1 aromatic rings. The highest BCUT2D eigenvalue weighted by Gasteiger charge is 2.32. The van der Waals surface area contributed by atoms with Gasteiger partial charge in [-0.3, -0.25) is 0 Å². The van der Waals surface area contributed by atoms with Crippen LogP contribution in [0.15, 0.2) is 24.3 Å². The molecular formula is C15H21FN2O2. The van der Waals surface area contributed by atoms with Crippen LogP contribution in [0.1, 0.15) is 24.8 Å². The summed E-state index contributed by atoms with van der Waals surface area (Å²) in [4.78, 5) is 13.9. The van der Waals surface area contributed by atoms with Crippen LogP contribution < -0.4 is 5.32 Å². The maximum Gasteiger partial charge on any atom is 0.317 e. The average Bonchev–Trinajstić information content (AvgIpc) is 2.82. The van der Waals surface area contributed by atoms with Gasteiger partial charge in [-0.15, -0.1) is 0 Å². The van der Waals surface area contributed by atoms with Crippen LogP contribution in [0, 0.1) is 5.82 Å². The quantitative estimate of drug-likeness (QED) is 0.860. The van der Waals surface area contributed by atoms with Crippen LogP contribution in [0.25, 0.3) is 0 Å². The molecule has 1 aliphatic heterocycles. The molecule has 0 radical (unpaired) electrons. The first-order chi connectivity index (χ1) is 9.61. The molecule has 1 aromatic carbocycles. The van der Waals surface area contributed by atoms with Crippen molar-refractivity contribution in [3.8, 4) is 0 Å². The van der Waals surface area contributed by atoms with Crippen molar-refractivity contribution >= 4 is 6.03 Å². The minimum atomic E-state index is -0.228. The molecule has 5 heteroatoms. The van der Waals surface area contributed by atoms with Gasteiger partial charge in [0.2, 0.25) is 0 Å². The van der Waals surface area contributed by atoms with E-state index in [0.717, 1.165) is 12.0 Å². The molecule has 0 aliphatic carbocycles. The summed E-state index contributed by atoms with van der Waals surface area (Å²) in [5.41, 5.74) is 1.09. The van der Waals surface area contributed by atoms with E-state index in [1.165, 1.54) is 12.1 Å². The number of likely N-dealkylation sites (tertiary alicyclic amines) is 1. The van der Waals surface area contributed by atoms with E-state index in [4.69, 9.17) is 4.74 Å². The molecule has 110 valence electrons. The van der Waals surface area contributed by atoms with Gasteiger partial charge >= 0.3 is 6.03 Å². The van der Waals surface area contributed by atoms with Crippen molar-refractivity contribution in [3.05, 3.63) is 35.6 Å². The van der Waals surface area contributed by atoms with Gasteiger partial charge < -0.3 is 15.0 Å². The Morgan fingerprint density at radius 2 is 2.15 bits per heavy atom. The second kappa shape index (κ2) is 6.70. The van der Waals surface area contributed by atoms with Crippen LogP contribution in [-0.4, -0.2) is 43.8 Å². The predicted molar refractivity (Wildman–Crippen MR) is 75.2 cm³/mol. The first-order valence-corrected chi connectivity index (χ1v) is 6.90. The Balaban J connectivity index is 1.94. The normalized spacial score (nSPS) is 22.1. The van der Waals surface area contributed by atoms with E-state index in [1.54, 1.807) is 19.2 Å². The van der Waals surface area contributed by atoms with Gasteiger partial charge in [-0.2, -0.15) is 0 Å². The van der Waals surface area contributed by atoms with E-state index < -0.39 is 0 Å². The SMILES string of the molecule is COCCNC(=O)N1C[C@@H](c2ccc(F)cc2)C[C@@H]1C. The second-order valence-corrected chi connectivity index (χ2v) is 5.21. The predicted octanol–water partition coefficient (Wildman–Crippen LogP) is 2.36. The molecule has 0 bridgehead atoms. The first kappa shape index (κ1) is 14.8. The number of hydrogen-bond donors (Lipinski definition) is 1. The van der Waals surface area contributed by atoms with E-state index in [9.17, 15) is 9.18 Å². The molecule has 2 rings (SSSR count). The molecule has 20 heavy (non-hydrogen) atoms. The van der Waals surface area contributed by atoms with Crippen molar-refractivity contribution in [2.75, 3.05) is 26.8 Å². The third kappa shape index (κ3) is 3.48. The van der Waals surface area contributed by atoms with Crippen molar-refractivity contribution in [2.24, 2.45) is 0 Å². The van der Waals surface area contributed by atoms with Gasteiger partial charge in [0.15, 0.2) is 0 Å². The van der Waals surface area contributed by atoms with Crippen LogP contribution in [-0.2, 0) is 4.74 Å². The van der Waals surface area contributed by atoms with Gasteiger partial charge in [0.1, 0.15) is 5.82 Å². The summed E-state index contributed by atoms with van der Waals surface area (Å²) in [7, 11) is 1.61. The highest BCUT2D eigenvalue weighted by molar-refractivity contribution is 5.75. The van der Waals surface area contributed by atoms with Crippen molar-refractivity contribution in [1.82, 2.24) is 10.2 Å². The zero-order valence-electron chi connectivity index (χ0n) is 11.9. The molecule has 0 spiro atoms. The van der Waals surface area contributed by atoms with Gasteiger partial charge in [0, 0.05) is 32.2 Å². The third-order valence-electron chi connectivity index (χ3n) is 3.76. The molecule has 2 atom stereocenters. The van der Waals surface area contributed by atoms with Crippen LogP contribution in [0.3, 0.4) is 0 Å². The Hall–Kier alpha value is -1.62. The van der Waals surface area contributed by atoms with E-state index in [-0.39, 0.29) is 23.8 Å². The second-order valence-electron chi connectivity index (χ2n) is 5.21. The fourth-order valence-corrected chi connectivity index (χ4v) is 2.65. The molecule has 0 saturated carbocycles. The Morgan fingerprint density at radius 1 is 1.45 bits per heavy atom. The topological polar surface area (TPSA) is 41.6 Å². The van der Waals surface area contributed by atoms with E-state index in [2.05, 4.69) is 5.32 Å². The number of carbonyl (C=O) groups is 1. The fraction of sp³-hybridized carbons (Fsp3) is 0.533. The number of ether oxygens (including phenoxy) is 1. The lowest BCUT2D eigenvalue weighted by Crippen LogP contribution is -2.42. The highest BCUT2D eigenvalue weighted by Crippen LogP contribution is 2.31. The number of rotatable bonds is 4. The van der Waals surface area contributed by atoms with Crippen molar-refractivity contribution in [2.45, 2.75) is 25.3 Å². The maximum absolute atomic E-state index is 12.9. The molecule has 1 N–H and O–H groups in total. The summed E-state index contributed by atoms with van der Waals surface area (Å²) in [6.07, 6.45) is 0.906. The number of methoxy groups -OCH3 is 1. The zero-order chi connectivity index (χ0) is 14.5.